The molecule has 1 heterocycles. The maximum absolute atomic E-state index is 5.54. The molecule has 1 aliphatic heterocycles. The second-order valence-corrected chi connectivity index (χ2v) is 6.49. The number of likely N-dealkylation sites (tertiary alicyclic amines) is 1. The topological polar surface area (TPSA) is 18.5 Å². The van der Waals surface area contributed by atoms with Gasteiger partial charge in [0.2, 0.25) is 0 Å². The Hall–Kier alpha value is -0.650. The normalized spacial score (nSPS) is 18.9. The van der Waals surface area contributed by atoms with E-state index in [2.05, 4.69) is 45.1 Å². The number of nitrogens with one attached hydrogen (secondary N) is 1. The molecule has 5 heteroatoms. The van der Waals surface area contributed by atoms with Crippen molar-refractivity contribution in [1.29, 1.82) is 0 Å². The first kappa shape index (κ1) is 14.8. The van der Waals surface area contributed by atoms with E-state index in [0.29, 0.717) is 6.04 Å². The summed E-state index contributed by atoms with van der Waals surface area (Å²) in [6.45, 7) is 2.11. The molecule has 3 nitrogen and oxygen atoms in total. The molecule has 0 bridgehead atoms. The molecule has 1 saturated heterocycles. The summed E-state index contributed by atoms with van der Waals surface area (Å²) < 4.78 is 1.08. The van der Waals surface area contributed by atoms with Gasteiger partial charge in [0.1, 0.15) is 0 Å². The minimum Gasteiger partial charge on any atom is -0.345 e. The van der Waals surface area contributed by atoms with Crippen molar-refractivity contribution in [2.45, 2.75) is 18.9 Å². The largest absolute Gasteiger partial charge is 0.345 e. The van der Waals surface area contributed by atoms with E-state index in [1.165, 1.54) is 12.8 Å². The molecule has 0 aliphatic carbocycles. The molecule has 1 aliphatic rings. The number of likely N-dealkylation sites (N-methyl/N-ethyl adjacent to an activating group) is 1. The summed E-state index contributed by atoms with van der Waals surface area (Å²) in [6.07, 6.45) is 2.45. The molecule has 1 unspecified atom stereocenters. The number of halogens is 1. The van der Waals surface area contributed by atoms with E-state index in [-0.39, 0.29) is 0 Å². The van der Waals surface area contributed by atoms with E-state index < -0.39 is 0 Å². The zero-order valence-electron chi connectivity index (χ0n) is 11.4. The summed E-state index contributed by atoms with van der Waals surface area (Å²) in [5.41, 5.74) is 1.05. The number of benzene rings is 1. The Kier molecular flexibility index (Phi) is 5.19. The van der Waals surface area contributed by atoms with Crippen molar-refractivity contribution >= 4 is 38.9 Å². The summed E-state index contributed by atoms with van der Waals surface area (Å²) in [5, 5.41) is 4.17. The van der Waals surface area contributed by atoms with Crippen molar-refractivity contribution in [2.75, 3.05) is 32.5 Å². The molecule has 1 aromatic carbocycles. The highest BCUT2D eigenvalue weighted by Gasteiger charge is 2.26. The smallest absolute Gasteiger partial charge is 0.173 e. The highest BCUT2D eigenvalue weighted by atomic mass is 79.9. The van der Waals surface area contributed by atoms with Gasteiger partial charge in [-0.15, -0.1) is 0 Å². The Bertz CT molecular complexity index is 433. The van der Waals surface area contributed by atoms with E-state index in [4.69, 9.17) is 12.2 Å². The molecule has 0 saturated carbocycles. The van der Waals surface area contributed by atoms with Crippen molar-refractivity contribution in [2.24, 2.45) is 0 Å². The zero-order valence-corrected chi connectivity index (χ0v) is 13.8. The van der Waals surface area contributed by atoms with Crippen LogP contribution in [-0.2, 0) is 0 Å². The zero-order chi connectivity index (χ0) is 13.8. The molecule has 1 N–H and O–H groups in total. The standard InChI is InChI=1S/C14H20BrN3S/c1-17(2)10-13-4-3-9-18(13)14(19)16-12-7-5-11(15)6-8-12/h5-8,13H,3-4,9-10H2,1-2H3,(H,16,19). The van der Waals surface area contributed by atoms with E-state index in [0.717, 1.165) is 28.4 Å². The summed E-state index contributed by atoms with van der Waals surface area (Å²) in [6, 6.07) is 8.64. The summed E-state index contributed by atoms with van der Waals surface area (Å²) in [7, 11) is 4.23. The molecule has 0 spiro atoms. The van der Waals surface area contributed by atoms with Crippen molar-refractivity contribution < 1.29 is 0 Å². The Morgan fingerprint density at radius 1 is 1.42 bits per heavy atom. The maximum Gasteiger partial charge on any atom is 0.173 e. The lowest BCUT2D eigenvalue weighted by Crippen LogP contribution is -2.43. The number of thiocarbonyl (C=S) groups is 1. The van der Waals surface area contributed by atoms with Gasteiger partial charge in [-0.2, -0.15) is 0 Å². The quantitative estimate of drug-likeness (QED) is 0.850. The summed E-state index contributed by atoms with van der Waals surface area (Å²) >= 11 is 8.98. The highest BCUT2D eigenvalue weighted by molar-refractivity contribution is 9.10. The number of rotatable bonds is 3. The fourth-order valence-electron chi connectivity index (χ4n) is 2.44. The monoisotopic (exact) mass is 341 g/mol. The van der Waals surface area contributed by atoms with Gasteiger partial charge in [0, 0.05) is 29.3 Å². The first-order valence-corrected chi connectivity index (χ1v) is 7.74. The Balaban J connectivity index is 1.97. The van der Waals surface area contributed by atoms with Crippen LogP contribution in [0.2, 0.25) is 0 Å². The molecule has 0 amide bonds. The van der Waals surface area contributed by atoms with Crippen LogP contribution in [0.3, 0.4) is 0 Å². The first-order chi connectivity index (χ1) is 9.06. The molecule has 104 valence electrons. The summed E-state index contributed by atoms with van der Waals surface area (Å²) in [5.74, 6) is 0. The van der Waals surface area contributed by atoms with Crippen molar-refractivity contribution in [3.05, 3.63) is 28.7 Å². The van der Waals surface area contributed by atoms with Crippen LogP contribution in [0.25, 0.3) is 0 Å². The lowest BCUT2D eigenvalue weighted by Gasteiger charge is -2.29. The maximum atomic E-state index is 5.54. The van der Waals surface area contributed by atoms with Crippen LogP contribution in [-0.4, -0.2) is 48.1 Å². The van der Waals surface area contributed by atoms with E-state index in [1.807, 2.05) is 24.3 Å². The molecule has 1 atom stereocenters. The predicted octanol–water partition coefficient (Wildman–Crippen LogP) is 3.17. The molecule has 0 radical (unpaired) electrons. The van der Waals surface area contributed by atoms with Crippen molar-refractivity contribution in [1.82, 2.24) is 9.80 Å². The summed E-state index contributed by atoms with van der Waals surface area (Å²) in [4.78, 5) is 4.54. The van der Waals surface area contributed by atoms with Crippen LogP contribution in [0.4, 0.5) is 5.69 Å². The third kappa shape index (κ3) is 4.16. The van der Waals surface area contributed by atoms with Gasteiger partial charge in [-0.1, -0.05) is 15.9 Å². The SMILES string of the molecule is CN(C)CC1CCCN1C(=S)Nc1ccc(Br)cc1. The Morgan fingerprint density at radius 3 is 2.74 bits per heavy atom. The van der Waals surface area contributed by atoms with Gasteiger partial charge in [0.15, 0.2) is 5.11 Å². The van der Waals surface area contributed by atoms with Crippen LogP contribution in [0.5, 0.6) is 0 Å². The fourth-order valence-corrected chi connectivity index (χ4v) is 3.07. The molecule has 19 heavy (non-hydrogen) atoms. The molecule has 2 rings (SSSR count). The van der Waals surface area contributed by atoms with Crippen LogP contribution >= 0.6 is 28.1 Å². The third-order valence-electron chi connectivity index (χ3n) is 3.31. The fraction of sp³-hybridized carbons (Fsp3) is 0.500. The van der Waals surface area contributed by atoms with Gasteiger partial charge in [-0.25, -0.2) is 0 Å². The molecule has 1 fully saturated rings. The van der Waals surface area contributed by atoms with Gasteiger partial charge in [-0.3, -0.25) is 0 Å². The third-order valence-corrected chi connectivity index (χ3v) is 4.17. The van der Waals surface area contributed by atoms with Crippen molar-refractivity contribution in [3.63, 3.8) is 0 Å². The van der Waals surface area contributed by atoms with Gasteiger partial charge in [0.05, 0.1) is 0 Å². The predicted molar refractivity (Wildman–Crippen MR) is 88.6 cm³/mol. The van der Waals surface area contributed by atoms with Crippen LogP contribution in [0.15, 0.2) is 28.7 Å². The second kappa shape index (κ2) is 6.68. The van der Waals surface area contributed by atoms with Gasteiger partial charge >= 0.3 is 0 Å². The lowest BCUT2D eigenvalue weighted by atomic mass is 10.2. The highest BCUT2D eigenvalue weighted by Crippen LogP contribution is 2.20. The molecular weight excluding hydrogens is 322 g/mol. The van der Waals surface area contributed by atoms with Gasteiger partial charge in [0.25, 0.3) is 0 Å². The second-order valence-electron chi connectivity index (χ2n) is 5.19. The van der Waals surface area contributed by atoms with E-state index >= 15 is 0 Å². The van der Waals surface area contributed by atoms with Crippen LogP contribution < -0.4 is 5.32 Å². The van der Waals surface area contributed by atoms with E-state index in [9.17, 15) is 0 Å². The van der Waals surface area contributed by atoms with E-state index in [1.54, 1.807) is 0 Å². The van der Waals surface area contributed by atoms with Crippen LogP contribution in [0, 0.1) is 0 Å². The lowest BCUT2D eigenvalue weighted by molar-refractivity contribution is 0.288. The number of nitrogens with zero attached hydrogens (tertiary/aromatic N) is 2. The number of hydrogen-bond donors (Lipinski definition) is 1. The molecule has 0 aromatic heterocycles. The van der Waals surface area contributed by atoms with Gasteiger partial charge < -0.3 is 15.1 Å². The molecular formula is C14H20BrN3S. The van der Waals surface area contributed by atoms with Gasteiger partial charge in [-0.05, 0) is 63.4 Å². The minimum absolute atomic E-state index is 0.533. The Morgan fingerprint density at radius 2 is 2.11 bits per heavy atom. The molecule has 1 aromatic rings. The van der Waals surface area contributed by atoms with Crippen molar-refractivity contribution in [3.8, 4) is 0 Å². The number of hydrogen-bond acceptors (Lipinski definition) is 2. The van der Waals surface area contributed by atoms with Crippen LogP contribution in [0.1, 0.15) is 12.8 Å². The average Bonchev–Trinajstić information content (AvgIpc) is 2.79. The number of anilines is 1. The average molecular weight is 342 g/mol. The Labute approximate surface area is 129 Å². The first-order valence-electron chi connectivity index (χ1n) is 6.54. The minimum atomic E-state index is 0.533.